The molecule has 0 radical (unpaired) electrons. The first-order chi connectivity index (χ1) is 8.54. The van der Waals surface area contributed by atoms with Crippen molar-refractivity contribution < 1.29 is 4.74 Å². The molecule has 0 aliphatic heterocycles. The van der Waals surface area contributed by atoms with E-state index >= 15 is 0 Å². The highest BCUT2D eigenvalue weighted by molar-refractivity contribution is 9.10. The normalized spacial score (nSPS) is 10.5. The third-order valence-corrected chi connectivity index (χ3v) is 3.35. The van der Waals surface area contributed by atoms with E-state index in [2.05, 4.69) is 36.3 Å². The standard InChI is InChI=1S/C11H14BrN5O/c1-6-9(7(2)17(4)16-6)18-11-8(12)10(13-3)14-5-15-11/h5H,1-4H3,(H,13,14,15). The fourth-order valence-electron chi connectivity index (χ4n) is 1.60. The summed E-state index contributed by atoms with van der Waals surface area (Å²) < 4.78 is 8.28. The highest BCUT2D eigenvalue weighted by atomic mass is 79.9. The van der Waals surface area contributed by atoms with Crippen molar-refractivity contribution in [3.63, 3.8) is 0 Å². The van der Waals surface area contributed by atoms with Gasteiger partial charge in [-0.15, -0.1) is 0 Å². The number of anilines is 1. The molecule has 0 saturated heterocycles. The molecule has 0 amide bonds. The Morgan fingerprint density at radius 2 is 2.06 bits per heavy atom. The van der Waals surface area contributed by atoms with Crippen molar-refractivity contribution in [2.45, 2.75) is 13.8 Å². The summed E-state index contributed by atoms with van der Waals surface area (Å²) in [6.07, 6.45) is 1.45. The molecule has 0 saturated carbocycles. The molecule has 1 N–H and O–H groups in total. The molecule has 0 aromatic carbocycles. The number of aromatic nitrogens is 4. The van der Waals surface area contributed by atoms with Crippen molar-refractivity contribution in [1.82, 2.24) is 19.7 Å². The first-order valence-electron chi connectivity index (χ1n) is 5.41. The molecule has 2 rings (SSSR count). The molecule has 96 valence electrons. The Hall–Kier alpha value is -1.63. The quantitative estimate of drug-likeness (QED) is 0.943. The molecule has 2 aromatic heterocycles. The van der Waals surface area contributed by atoms with E-state index < -0.39 is 0 Å². The Morgan fingerprint density at radius 3 is 2.61 bits per heavy atom. The molecule has 7 heteroatoms. The lowest BCUT2D eigenvalue weighted by Crippen LogP contribution is -1.98. The number of nitrogens with one attached hydrogen (secondary N) is 1. The van der Waals surface area contributed by atoms with E-state index in [1.807, 2.05) is 20.9 Å². The summed E-state index contributed by atoms with van der Waals surface area (Å²) in [4.78, 5) is 8.20. The molecule has 0 atom stereocenters. The minimum atomic E-state index is 0.466. The van der Waals surface area contributed by atoms with Crippen LogP contribution in [0, 0.1) is 13.8 Å². The van der Waals surface area contributed by atoms with Gasteiger partial charge in [0.15, 0.2) is 5.75 Å². The summed E-state index contributed by atoms with van der Waals surface area (Å²) >= 11 is 3.42. The van der Waals surface area contributed by atoms with Crippen molar-refractivity contribution in [2.75, 3.05) is 12.4 Å². The zero-order chi connectivity index (χ0) is 13.3. The average molecular weight is 312 g/mol. The van der Waals surface area contributed by atoms with E-state index in [1.165, 1.54) is 6.33 Å². The second-order valence-electron chi connectivity index (χ2n) is 3.82. The van der Waals surface area contributed by atoms with E-state index in [4.69, 9.17) is 4.74 Å². The van der Waals surface area contributed by atoms with Gasteiger partial charge in [0.25, 0.3) is 0 Å². The van der Waals surface area contributed by atoms with E-state index in [-0.39, 0.29) is 0 Å². The number of ether oxygens (including phenoxy) is 1. The molecule has 0 bridgehead atoms. The van der Waals surface area contributed by atoms with Crippen LogP contribution < -0.4 is 10.1 Å². The maximum atomic E-state index is 5.81. The van der Waals surface area contributed by atoms with Crippen LogP contribution in [-0.4, -0.2) is 26.8 Å². The highest BCUT2D eigenvalue weighted by Crippen LogP contribution is 2.34. The number of aryl methyl sites for hydroxylation is 2. The van der Waals surface area contributed by atoms with Crippen LogP contribution in [0.5, 0.6) is 11.6 Å². The van der Waals surface area contributed by atoms with Crippen molar-refractivity contribution in [3.8, 4) is 11.6 Å². The van der Waals surface area contributed by atoms with Crippen LogP contribution in [0.1, 0.15) is 11.4 Å². The van der Waals surface area contributed by atoms with E-state index in [1.54, 1.807) is 11.7 Å². The zero-order valence-electron chi connectivity index (χ0n) is 10.7. The monoisotopic (exact) mass is 311 g/mol. The fraction of sp³-hybridized carbons (Fsp3) is 0.364. The van der Waals surface area contributed by atoms with E-state index in [0.717, 1.165) is 17.1 Å². The first-order valence-corrected chi connectivity index (χ1v) is 6.20. The lowest BCUT2D eigenvalue weighted by molar-refractivity contribution is 0.451. The van der Waals surface area contributed by atoms with Gasteiger partial charge in [-0.2, -0.15) is 5.10 Å². The summed E-state index contributed by atoms with van der Waals surface area (Å²) in [7, 11) is 3.67. The second kappa shape index (κ2) is 4.93. The van der Waals surface area contributed by atoms with Crippen LogP contribution in [0.4, 0.5) is 5.82 Å². The number of hydrogen-bond acceptors (Lipinski definition) is 5. The third kappa shape index (κ3) is 2.17. The van der Waals surface area contributed by atoms with Crippen LogP contribution in [0.15, 0.2) is 10.8 Å². The van der Waals surface area contributed by atoms with Crippen molar-refractivity contribution in [1.29, 1.82) is 0 Å². The van der Waals surface area contributed by atoms with Gasteiger partial charge in [0, 0.05) is 14.1 Å². The minimum absolute atomic E-state index is 0.466. The van der Waals surface area contributed by atoms with E-state index in [9.17, 15) is 0 Å². The van der Waals surface area contributed by atoms with Gasteiger partial charge in [-0.1, -0.05) is 0 Å². The molecule has 18 heavy (non-hydrogen) atoms. The van der Waals surface area contributed by atoms with Crippen LogP contribution in [0.2, 0.25) is 0 Å². The maximum absolute atomic E-state index is 5.81. The minimum Gasteiger partial charge on any atom is -0.434 e. The molecule has 0 aliphatic carbocycles. The molecule has 0 fully saturated rings. The average Bonchev–Trinajstić information content (AvgIpc) is 2.58. The predicted octanol–water partition coefficient (Wildman–Crippen LogP) is 2.42. The maximum Gasteiger partial charge on any atom is 0.239 e. The van der Waals surface area contributed by atoms with Gasteiger partial charge in [-0.05, 0) is 29.8 Å². The van der Waals surface area contributed by atoms with Crippen LogP contribution in [-0.2, 0) is 7.05 Å². The van der Waals surface area contributed by atoms with Gasteiger partial charge < -0.3 is 10.1 Å². The van der Waals surface area contributed by atoms with Gasteiger partial charge in [0.05, 0.1) is 5.69 Å². The first kappa shape index (κ1) is 12.8. The molecular weight excluding hydrogens is 298 g/mol. The summed E-state index contributed by atoms with van der Waals surface area (Å²) in [5.74, 6) is 1.87. The van der Waals surface area contributed by atoms with Gasteiger partial charge in [0.2, 0.25) is 5.88 Å². The smallest absolute Gasteiger partial charge is 0.239 e. The number of hydrogen-bond donors (Lipinski definition) is 1. The lowest BCUT2D eigenvalue weighted by atomic mass is 10.3. The molecule has 2 heterocycles. The summed E-state index contributed by atoms with van der Waals surface area (Å²) in [6, 6.07) is 0. The number of nitrogens with zero attached hydrogens (tertiary/aromatic N) is 4. The van der Waals surface area contributed by atoms with Crippen LogP contribution >= 0.6 is 15.9 Å². The lowest BCUT2D eigenvalue weighted by Gasteiger charge is -2.09. The molecule has 2 aromatic rings. The number of halogens is 1. The topological polar surface area (TPSA) is 64.9 Å². The zero-order valence-corrected chi connectivity index (χ0v) is 12.2. The highest BCUT2D eigenvalue weighted by Gasteiger charge is 2.15. The van der Waals surface area contributed by atoms with Crippen molar-refractivity contribution >= 4 is 21.7 Å². The summed E-state index contributed by atoms with van der Waals surface area (Å²) in [5.41, 5.74) is 1.77. The summed E-state index contributed by atoms with van der Waals surface area (Å²) in [5, 5.41) is 7.25. The van der Waals surface area contributed by atoms with Crippen LogP contribution in [0.25, 0.3) is 0 Å². The SMILES string of the molecule is CNc1ncnc(Oc2c(C)nn(C)c2C)c1Br. The molecular formula is C11H14BrN5O. The Kier molecular flexibility index (Phi) is 3.51. The van der Waals surface area contributed by atoms with Crippen LogP contribution in [0.3, 0.4) is 0 Å². The van der Waals surface area contributed by atoms with Gasteiger partial charge >= 0.3 is 0 Å². The van der Waals surface area contributed by atoms with Gasteiger partial charge in [-0.25, -0.2) is 9.97 Å². The Morgan fingerprint density at radius 1 is 1.33 bits per heavy atom. The van der Waals surface area contributed by atoms with Crippen molar-refractivity contribution in [2.24, 2.45) is 7.05 Å². The van der Waals surface area contributed by atoms with Crippen molar-refractivity contribution in [3.05, 3.63) is 22.2 Å². The fourth-order valence-corrected chi connectivity index (χ4v) is 2.08. The molecule has 6 nitrogen and oxygen atoms in total. The number of rotatable bonds is 3. The second-order valence-corrected chi connectivity index (χ2v) is 4.61. The molecule has 0 unspecified atom stereocenters. The predicted molar refractivity (Wildman–Crippen MR) is 72.0 cm³/mol. The molecule has 0 aliphatic rings. The third-order valence-electron chi connectivity index (χ3n) is 2.64. The van der Waals surface area contributed by atoms with E-state index in [0.29, 0.717) is 16.2 Å². The van der Waals surface area contributed by atoms with Gasteiger partial charge in [0.1, 0.15) is 22.3 Å². The Labute approximate surface area is 114 Å². The largest absolute Gasteiger partial charge is 0.434 e. The summed E-state index contributed by atoms with van der Waals surface area (Å²) in [6.45, 7) is 3.85. The Balaban J connectivity index is 2.40. The molecule has 0 spiro atoms. The van der Waals surface area contributed by atoms with Gasteiger partial charge in [-0.3, -0.25) is 4.68 Å². The Bertz CT molecular complexity index is 581.